The molecule has 0 fully saturated rings. The van der Waals surface area contributed by atoms with Crippen LogP contribution in [0.2, 0.25) is 0 Å². The highest BCUT2D eigenvalue weighted by Crippen LogP contribution is 2.25. The first kappa shape index (κ1) is 13.8. The quantitative estimate of drug-likeness (QED) is 0.718. The summed E-state index contributed by atoms with van der Waals surface area (Å²) in [4.78, 5) is 16.3. The summed E-state index contributed by atoms with van der Waals surface area (Å²) in [6.07, 6.45) is 1.73. The number of carbonyl (C=O) groups excluding carboxylic acids is 1. The molecule has 3 N–H and O–H groups in total. The van der Waals surface area contributed by atoms with Crippen LogP contribution in [-0.4, -0.2) is 26.8 Å². The summed E-state index contributed by atoms with van der Waals surface area (Å²) in [5.41, 5.74) is 7.09. The van der Waals surface area contributed by atoms with Gasteiger partial charge >= 0.3 is 0 Å². The zero-order valence-electron chi connectivity index (χ0n) is 10.8. The van der Waals surface area contributed by atoms with Gasteiger partial charge < -0.3 is 11.1 Å². The van der Waals surface area contributed by atoms with E-state index in [-0.39, 0.29) is 11.7 Å². The number of carbonyl (C=O) groups is 1. The molecule has 0 radical (unpaired) electrons. The maximum atomic E-state index is 12.0. The number of nitrogens with two attached hydrogens (primary N) is 1. The van der Waals surface area contributed by atoms with Gasteiger partial charge in [-0.05, 0) is 24.3 Å². The second-order valence-electron chi connectivity index (χ2n) is 4.12. The molecule has 0 unspecified atom stereocenters. The SMILES string of the molecule is Nc1nnc(SCC(=O)Nc2cccc3ncccc23)s1. The standard InChI is InChI=1S/C13H11N5OS2/c14-12-17-18-13(21-12)20-7-11(19)16-10-5-1-4-9-8(10)3-2-6-15-9/h1-6H,7H2,(H2,14,17)(H,16,19). The third-order valence-corrected chi connectivity index (χ3v) is 4.55. The van der Waals surface area contributed by atoms with E-state index in [0.717, 1.165) is 16.6 Å². The second kappa shape index (κ2) is 6.06. The van der Waals surface area contributed by atoms with Crippen LogP contribution in [0.15, 0.2) is 40.9 Å². The number of hydrogen-bond acceptors (Lipinski definition) is 7. The fourth-order valence-electron chi connectivity index (χ4n) is 1.80. The molecule has 2 heterocycles. The maximum Gasteiger partial charge on any atom is 0.234 e. The zero-order valence-corrected chi connectivity index (χ0v) is 12.4. The lowest BCUT2D eigenvalue weighted by molar-refractivity contribution is -0.113. The van der Waals surface area contributed by atoms with Crippen LogP contribution in [0.5, 0.6) is 0 Å². The molecule has 0 aliphatic carbocycles. The van der Waals surface area contributed by atoms with E-state index in [9.17, 15) is 4.79 Å². The molecule has 1 aromatic carbocycles. The Morgan fingerprint density at radius 3 is 3.00 bits per heavy atom. The highest BCUT2D eigenvalue weighted by molar-refractivity contribution is 8.01. The van der Waals surface area contributed by atoms with Gasteiger partial charge in [-0.3, -0.25) is 9.78 Å². The van der Waals surface area contributed by atoms with E-state index < -0.39 is 0 Å². The van der Waals surface area contributed by atoms with Crippen LogP contribution in [0.3, 0.4) is 0 Å². The summed E-state index contributed by atoms with van der Waals surface area (Å²) in [5, 5.41) is 11.8. The molecular weight excluding hydrogens is 306 g/mol. The Hall–Kier alpha value is -2.19. The minimum Gasteiger partial charge on any atom is -0.374 e. The highest BCUT2D eigenvalue weighted by atomic mass is 32.2. The summed E-state index contributed by atoms with van der Waals surface area (Å²) < 4.78 is 0.683. The van der Waals surface area contributed by atoms with Crippen molar-refractivity contribution in [2.45, 2.75) is 4.34 Å². The van der Waals surface area contributed by atoms with Crippen molar-refractivity contribution in [1.29, 1.82) is 0 Å². The van der Waals surface area contributed by atoms with Crippen LogP contribution in [0.1, 0.15) is 0 Å². The Bertz CT molecular complexity index is 784. The molecule has 106 valence electrons. The smallest absolute Gasteiger partial charge is 0.234 e. The predicted molar refractivity (Wildman–Crippen MR) is 85.4 cm³/mol. The number of benzene rings is 1. The second-order valence-corrected chi connectivity index (χ2v) is 6.35. The molecular formula is C13H11N5OS2. The van der Waals surface area contributed by atoms with Gasteiger partial charge in [0.05, 0.1) is 17.0 Å². The molecule has 2 aromatic heterocycles. The van der Waals surface area contributed by atoms with E-state index in [2.05, 4.69) is 20.5 Å². The van der Waals surface area contributed by atoms with Crippen LogP contribution < -0.4 is 11.1 Å². The lowest BCUT2D eigenvalue weighted by Crippen LogP contribution is -2.14. The van der Waals surface area contributed by atoms with Crippen molar-refractivity contribution in [3.8, 4) is 0 Å². The molecule has 0 spiro atoms. The van der Waals surface area contributed by atoms with Gasteiger partial charge in [-0.25, -0.2) is 0 Å². The first-order valence-corrected chi connectivity index (χ1v) is 7.88. The van der Waals surface area contributed by atoms with Gasteiger partial charge in [0.25, 0.3) is 0 Å². The number of anilines is 2. The Morgan fingerprint density at radius 2 is 2.19 bits per heavy atom. The monoisotopic (exact) mass is 317 g/mol. The molecule has 3 rings (SSSR count). The van der Waals surface area contributed by atoms with E-state index in [4.69, 9.17) is 5.73 Å². The molecule has 8 heteroatoms. The number of nitrogens with one attached hydrogen (secondary N) is 1. The fourth-order valence-corrected chi connectivity index (χ4v) is 3.24. The van der Waals surface area contributed by atoms with Crippen LogP contribution >= 0.6 is 23.1 Å². The number of aromatic nitrogens is 3. The first-order chi connectivity index (χ1) is 10.2. The van der Waals surface area contributed by atoms with Gasteiger partial charge in [0, 0.05) is 11.6 Å². The Kier molecular flexibility index (Phi) is 3.98. The molecule has 0 aliphatic heterocycles. The Labute approximate surface area is 128 Å². The van der Waals surface area contributed by atoms with Crippen LogP contribution in [0.25, 0.3) is 10.9 Å². The van der Waals surface area contributed by atoms with Gasteiger partial charge in [-0.1, -0.05) is 29.2 Å². The number of hydrogen-bond donors (Lipinski definition) is 2. The molecule has 0 aliphatic rings. The van der Waals surface area contributed by atoms with Gasteiger partial charge in [-0.2, -0.15) is 0 Å². The number of nitrogens with zero attached hydrogens (tertiary/aromatic N) is 3. The minimum absolute atomic E-state index is 0.106. The van der Waals surface area contributed by atoms with Crippen molar-refractivity contribution in [3.63, 3.8) is 0 Å². The summed E-state index contributed by atoms with van der Waals surface area (Å²) in [7, 11) is 0. The normalized spacial score (nSPS) is 10.7. The largest absolute Gasteiger partial charge is 0.374 e. The van der Waals surface area contributed by atoms with Gasteiger partial charge in [0.1, 0.15) is 0 Å². The lowest BCUT2D eigenvalue weighted by Gasteiger charge is -2.07. The number of nitrogen functional groups attached to an aromatic ring is 1. The van der Waals surface area contributed by atoms with E-state index in [1.165, 1.54) is 23.1 Å². The third kappa shape index (κ3) is 3.29. The summed E-state index contributed by atoms with van der Waals surface area (Å²) in [5.74, 6) is 0.149. The van der Waals surface area contributed by atoms with Crippen LogP contribution in [0, 0.1) is 0 Å². The lowest BCUT2D eigenvalue weighted by atomic mass is 10.2. The summed E-state index contributed by atoms with van der Waals surface area (Å²) in [6.45, 7) is 0. The number of fused-ring (bicyclic) bond motifs is 1. The molecule has 0 atom stereocenters. The third-order valence-electron chi connectivity index (χ3n) is 2.67. The van der Waals surface area contributed by atoms with Gasteiger partial charge in [0.15, 0.2) is 4.34 Å². The van der Waals surface area contributed by atoms with Crippen molar-refractivity contribution < 1.29 is 4.79 Å². The predicted octanol–water partition coefficient (Wildman–Crippen LogP) is 2.40. The topological polar surface area (TPSA) is 93.8 Å². The zero-order chi connectivity index (χ0) is 14.7. The molecule has 6 nitrogen and oxygen atoms in total. The fraction of sp³-hybridized carbons (Fsp3) is 0.0769. The van der Waals surface area contributed by atoms with Crippen molar-refractivity contribution >= 4 is 50.7 Å². The van der Waals surface area contributed by atoms with E-state index >= 15 is 0 Å². The number of thioether (sulfide) groups is 1. The molecule has 3 aromatic rings. The van der Waals surface area contributed by atoms with Gasteiger partial charge in [-0.15, -0.1) is 10.2 Å². The van der Waals surface area contributed by atoms with Crippen molar-refractivity contribution in [1.82, 2.24) is 15.2 Å². The average Bonchev–Trinajstić information content (AvgIpc) is 2.91. The molecule has 21 heavy (non-hydrogen) atoms. The average molecular weight is 317 g/mol. The first-order valence-electron chi connectivity index (χ1n) is 6.08. The minimum atomic E-state index is -0.106. The number of rotatable bonds is 4. The highest BCUT2D eigenvalue weighted by Gasteiger charge is 2.09. The van der Waals surface area contributed by atoms with Crippen molar-refractivity contribution in [2.75, 3.05) is 16.8 Å². The van der Waals surface area contributed by atoms with E-state index in [0.29, 0.717) is 9.47 Å². The van der Waals surface area contributed by atoms with Crippen LogP contribution in [0.4, 0.5) is 10.8 Å². The summed E-state index contributed by atoms with van der Waals surface area (Å²) in [6, 6.07) is 9.40. The van der Waals surface area contributed by atoms with E-state index in [1.54, 1.807) is 6.20 Å². The molecule has 0 saturated carbocycles. The molecule has 1 amide bonds. The van der Waals surface area contributed by atoms with Gasteiger partial charge in [0.2, 0.25) is 11.0 Å². The van der Waals surface area contributed by atoms with E-state index in [1.807, 2.05) is 30.3 Å². The number of amides is 1. The van der Waals surface area contributed by atoms with Crippen molar-refractivity contribution in [3.05, 3.63) is 36.5 Å². The Morgan fingerprint density at radius 1 is 1.29 bits per heavy atom. The van der Waals surface area contributed by atoms with Crippen molar-refractivity contribution in [2.24, 2.45) is 0 Å². The summed E-state index contributed by atoms with van der Waals surface area (Å²) >= 11 is 2.58. The molecule has 0 bridgehead atoms. The number of pyridine rings is 1. The van der Waals surface area contributed by atoms with Crippen LogP contribution in [-0.2, 0) is 4.79 Å². The maximum absolute atomic E-state index is 12.0. The Balaban J connectivity index is 1.69. The molecule has 0 saturated heterocycles.